The zero-order valence-corrected chi connectivity index (χ0v) is 19.1. The number of fused-ring (bicyclic) bond motifs is 1. The highest BCUT2D eigenvalue weighted by Crippen LogP contribution is 2.48. The molecule has 0 N–H and O–H groups in total. The highest BCUT2D eigenvalue weighted by atomic mass is 19.1. The van der Waals surface area contributed by atoms with Gasteiger partial charge in [-0.15, -0.1) is 13.2 Å². The Morgan fingerprint density at radius 1 is 0.848 bits per heavy atom. The van der Waals surface area contributed by atoms with Gasteiger partial charge in [0, 0.05) is 5.56 Å². The summed E-state index contributed by atoms with van der Waals surface area (Å²) in [6, 6.07) is 7.56. The molecular formula is C30H31F3. The minimum absolute atomic E-state index is 0.190. The fourth-order valence-corrected chi connectivity index (χ4v) is 5.61. The van der Waals surface area contributed by atoms with Gasteiger partial charge in [0.2, 0.25) is 0 Å². The molecule has 33 heavy (non-hydrogen) atoms. The van der Waals surface area contributed by atoms with Crippen LogP contribution in [0.1, 0.15) is 73.1 Å². The number of halogens is 3. The molecule has 0 aliphatic heterocycles. The number of hydrogen-bond donors (Lipinski definition) is 0. The van der Waals surface area contributed by atoms with E-state index in [0.29, 0.717) is 41.7 Å². The van der Waals surface area contributed by atoms with Gasteiger partial charge in [-0.05, 0) is 110 Å². The standard InChI is InChI=1S/C30H31F3/c1-3-5-6-22-10-8-21(16-28(22)31)9-14-27-29(32)18-26(19-30(27)33)25-13-12-23-15-20(4-2)7-11-24(23)17-25/h3-4,8,10,16,18-20,23-25H,1-2,5-7,11-13,15,17H2. The van der Waals surface area contributed by atoms with Gasteiger partial charge >= 0.3 is 0 Å². The summed E-state index contributed by atoms with van der Waals surface area (Å²) in [4.78, 5) is 0. The second-order valence-electron chi connectivity index (χ2n) is 9.58. The van der Waals surface area contributed by atoms with E-state index in [9.17, 15) is 13.2 Å². The molecule has 2 aromatic rings. The number of benzene rings is 2. The van der Waals surface area contributed by atoms with Crippen molar-refractivity contribution in [3.8, 4) is 11.8 Å². The predicted octanol–water partition coefficient (Wildman–Crippen LogP) is 8.11. The molecule has 0 aromatic heterocycles. The van der Waals surface area contributed by atoms with E-state index in [0.717, 1.165) is 24.8 Å². The number of rotatable bonds is 5. The fourth-order valence-electron chi connectivity index (χ4n) is 5.61. The van der Waals surface area contributed by atoms with Gasteiger partial charge in [-0.2, -0.15) is 0 Å². The van der Waals surface area contributed by atoms with Crippen LogP contribution in [0.4, 0.5) is 13.2 Å². The summed E-state index contributed by atoms with van der Waals surface area (Å²) in [6.07, 6.45) is 11.7. The van der Waals surface area contributed by atoms with Gasteiger partial charge in [0.05, 0.1) is 5.56 Å². The Hall–Kier alpha value is -2.73. The Balaban J connectivity index is 1.48. The zero-order chi connectivity index (χ0) is 23.4. The lowest BCUT2D eigenvalue weighted by molar-refractivity contribution is 0.133. The Morgan fingerprint density at radius 2 is 1.58 bits per heavy atom. The molecule has 2 aromatic carbocycles. The van der Waals surface area contributed by atoms with Crippen LogP contribution in [-0.4, -0.2) is 0 Å². The van der Waals surface area contributed by atoms with Gasteiger partial charge in [-0.1, -0.05) is 30.1 Å². The monoisotopic (exact) mass is 448 g/mol. The maximum absolute atomic E-state index is 14.8. The molecule has 2 aliphatic carbocycles. The first-order valence-corrected chi connectivity index (χ1v) is 12.0. The van der Waals surface area contributed by atoms with Gasteiger partial charge in [-0.3, -0.25) is 0 Å². The van der Waals surface area contributed by atoms with Crippen LogP contribution in [0.15, 0.2) is 55.6 Å². The number of allylic oxidation sites excluding steroid dienone is 2. The van der Waals surface area contributed by atoms with Crippen LogP contribution >= 0.6 is 0 Å². The predicted molar refractivity (Wildman–Crippen MR) is 128 cm³/mol. The van der Waals surface area contributed by atoms with Crippen molar-refractivity contribution >= 4 is 0 Å². The highest BCUT2D eigenvalue weighted by molar-refractivity contribution is 5.46. The highest BCUT2D eigenvalue weighted by Gasteiger charge is 2.35. The van der Waals surface area contributed by atoms with Gasteiger partial charge < -0.3 is 0 Å². The van der Waals surface area contributed by atoms with Crippen LogP contribution in [0.5, 0.6) is 0 Å². The summed E-state index contributed by atoms with van der Waals surface area (Å²) in [5.74, 6) is 5.80. The number of aryl methyl sites for hydroxylation is 1. The molecule has 3 heteroatoms. The second kappa shape index (κ2) is 10.5. The largest absolute Gasteiger partial charge is 0.207 e. The van der Waals surface area contributed by atoms with Gasteiger partial charge in [0.15, 0.2) is 0 Å². The number of hydrogen-bond acceptors (Lipinski definition) is 0. The van der Waals surface area contributed by atoms with Crippen molar-refractivity contribution < 1.29 is 13.2 Å². The molecule has 2 saturated carbocycles. The Morgan fingerprint density at radius 3 is 2.27 bits per heavy atom. The van der Waals surface area contributed by atoms with Crippen LogP contribution in [0.2, 0.25) is 0 Å². The van der Waals surface area contributed by atoms with E-state index in [1.807, 2.05) is 0 Å². The van der Waals surface area contributed by atoms with E-state index in [4.69, 9.17) is 0 Å². The lowest BCUT2D eigenvalue weighted by Gasteiger charge is -2.41. The molecule has 4 atom stereocenters. The molecule has 0 radical (unpaired) electrons. The van der Waals surface area contributed by atoms with E-state index >= 15 is 0 Å². The van der Waals surface area contributed by atoms with Crippen molar-refractivity contribution in [1.82, 2.24) is 0 Å². The van der Waals surface area contributed by atoms with Gasteiger partial charge in [-0.25, -0.2) is 13.2 Å². The third-order valence-electron chi connectivity index (χ3n) is 7.53. The maximum Gasteiger partial charge on any atom is 0.142 e. The van der Waals surface area contributed by atoms with Crippen molar-refractivity contribution in [2.45, 2.75) is 57.3 Å². The third kappa shape index (κ3) is 5.44. The van der Waals surface area contributed by atoms with E-state index in [2.05, 4.69) is 31.1 Å². The Kier molecular flexibility index (Phi) is 7.43. The minimum atomic E-state index is -0.641. The zero-order valence-electron chi connectivity index (χ0n) is 19.1. The summed E-state index contributed by atoms with van der Waals surface area (Å²) in [7, 11) is 0. The summed E-state index contributed by atoms with van der Waals surface area (Å²) in [5.41, 5.74) is 1.45. The first-order chi connectivity index (χ1) is 16.0. The average molecular weight is 449 g/mol. The van der Waals surface area contributed by atoms with Crippen molar-refractivity contribution in [2.24, 2.45) is 17.8 Å². The molecule has 0 nitrogen and oxygen atoms in total. The lowest BCUT2D eigenvalue weighted by Crippen LogP contribution is -2.30. The molecule has 4 rings (SSSR count). The average Bonchev–Trinajstić information content (AvgIpc) is 2.82. The molecule has 4 unspecified atom stereocenters. The molecule has 0 amide bonds. The lowest BCUT2D eigenvalue weighted by atomic mass is 9.64. The molecule has 2 aliphatic rings. The molecule has 2 fully saturated rings. The van der Waals surface area contributed by atoms with E-state index in [1.165, 1.54) is 37.5 Å². The molecule has 0 heterocycles. The van der Waals surface area contributed by atoms with Crippen molar-refractivity contribution in [2.75, 3.05) is 0 Å². The van der Waals surface area contributed by atoms with Crippen LogP contribution < -0.4 is 0 Å². The second-order valence-corrected chi connectivity index (χ2v) is 9.58. The molecular weight excluding hydrogens is 417 g/mol. The first-order valence-electron chi connectivity index (χ1n) is 12.0. The molecule has 0 saturated heterocycles. The summed E-state index contributed by atoms with van der Waals surface area (Å²) >= 11 is 0. The maximum atomic E-state index is 14.8. The summed E-state index contributed by atoms with van der Waals surface area (Å²) < 4.78 is 43.9. The Labute approximate surface area is 195 Å². The molecule has 0 bridgehead atoms. The van der Waals surface area contributed by atoms with Crippen LogP contribution in [0.25, 0.3) is 0 Å². The normalized spacial score (nSPS) is 24.3. The first kappa shape index (κ1) is 23.4. The minimum Gasteiger partial charge on any atom is -0.207 e. The summed E-state index contributed by atoms with van der Waals surface area (Å²) in [5, 5.41) is 0. The van der Waals surface area contributed by atoms with Crippen LogP contribution in [-0.2, 0) is 6.42 Å². The molecule has 172 valence electrons. The van der Waals surface area contributed by atoms with Crippen molar-refractivity contribution in [1.29, 1.82) is 0 Å². The fraction of sp³-hybridized carbons (Fsp3) is 0.400. The van der Waals surface area contributed by atoms with Crippen LogP contribution in [0.3, 0.4) is 0 Å². The van der Waals surface area contributed by atoms with Crippen molar-refractivity contribution in [3.63, 3.8) is 0 Å². The van der Waals surface area contributed by atoms with Crippen molar-refractivity contribution in [3.05, 3.63) is 95.3 Å². The third-order valence-corrected chi connectivity index (χ3v) is 7.53. The quantitative estimate of drug-likeness (QED) is 0.320. The van der Waals surface area contributed by atoms with Gasteiger partial charge in [0.1, 0.15) is 17.5 Å². The topological polar surface area (TPSA) is 0 Å². The van der Waals surface area contributed by atoms with Gasteiger partial charge in [0.25, 0.3) is 0 Å². The SMILES string of the molecule is C=CCCc1ccc(C#Cc2c(F)cc(C3CCC4CC(C=C)CCC4C3)cc2F)cc1F. The van der Waals surface area contributed by atoms with E-state index in [1.54, 1.807) is 18.2 Å². The summed E-state index contributed by atoms with van der Waals surface area (Å²) in [6.45, 7) is 7.59. The van der Waals surface area contributed by atoms with Crippen LogP contribution in [0, 0.1) is 47.0 Å². The van der Waals surface area contributed by atoms with E-state index in [-0.39, 0.29) is 17.3 Å². The van der Waals surface area contributed by atoms with E-state index < -0.39 is 11.6 Å². The molecule has 0 spiro atoms. The Bertz CT molecular complexity index is 1060. The smallest absolute Gasteiger partial charge is 0.142 e.